The van der Waals surface area contributed by atoms with Gasteiger partial charge in [0.15, 0.2) is 0 Å². The molecule has 0 amide bonds. The highest BCUT2D eigenvalue weighted by Gasteiger charge is 2.21. The summed E-state index contributed by atoms with van der Waals surface area (Å²) in [4.78, 5) is 12.4. The first-order valence-electron chi connectivity index (χ1n) is 7.65. The topological polar surface area (TPSA) is 63.7 Å². The van der Waals surface area contributed by atoms with Crippen molar-refractivity contribution in [3.63, 3.8) is 0 Å². The molecule has 2 aromatic carbocycles. The van der Waals surface area contributed by atoms with Crippen LogP contribution >= 0.6 is 22.9 Å². The maximum Gasteiger partial charge on any atom is 0.340 e. The number of hydrogen-bond donors (Lipinski definition) is 0. The van der Waals surface area contributed by atoms with Crippen molar-refractivity contribution in [3.8, 4) is 0 Å². The highest BCUT2D eigenvalue weighted by molar-refractivity contribution is 7.89. The van der Waals surface area contributed by atoms with E-state index < -0.39 is 16.0 Å². The molecule has 0 saturated carbocycles. The number of hydrogen-bond acceptors (Lipinski definition) is 5. The van der Waals surface area contributed by atoms with E-state index in [4.69, 9.17) is 16.3 Å². The summed E-state index contributed by atoms with van der Waals surface area (Å²) in [5, 5.41) is 3.11. The lowest BCUT2D eigenvalue weighted by Gasteiger charge is -2.13. The number of carbonyl (C=O) groups excluding carboxylic acids is 1. The van der Waals surface area contributed by atoms with Crippen molar-refractivity contribution in [1.29, 1.82) is 0 Å². The first-order chi connectivity index (χ1) is 12.3. The molecule has 3 rings (SSSR count). The first-order valence-corrected chi connectivity index (χ1v) is 10.3. The summed E-state index contributed by atoms with van der Waals surface area (Å²) in [5.41, 5.74) is 0.918. The van der Waals surface area contributed by atoms with Gasteiger partial charge in [0, 0.05) is 24.4 Å². The van der Waals surface area contributed by atoms with Crippen LogP contribution in [0.5, 0.6) is 0 Å². The lowest BCUT2D eigenvalue weighted by molar-refractivity contribution is 0.0474. The number of rotatable bonds is 5. The van der Waals surface area contributed by atoms with Crippen molar-refractivity contribution >= 4 is 49.0 Å². The Kier molecular flexibility index (Phi) is 5.34. The van der Waals surface area contributed by atoms with Crippen LogP contribution in [0.4, 0.5) is 0 Å². The van der Waals surface area contributed by atoms with Crippen LogP contribution in [-0.4, -0.2) is 32.8 Å². The standard InChI is InChI=1S/C18H16ClNO4S2/c1-20(2)26(22,23)13-7-8-16(19)15(9-13)18(21)24-10-12-11-25-17-6-4-3-5-14(12)17/h3-9,11H,10H2,1-2H3. The first kappa shape index (κ1) is 18.8. The third-order valence-corrected chi connectivity index (χ3v) is 7.01. The maximum absolute atomic E-state index is 12.4. The third kappa shape index (κ3) is 3.61. The van der Waals surface area contributed by atoms with Crippen LogP contribution < -0.4 is 0 Å². The van der Waals surface area contributed by atoms with Crippen LogP contribution in [0.25, 0.3) is 10.1 Å². The van der Waals surface area contributed by atoms with E-state index in [1.54, 1.807) is 11.3 Å². The molecule has 136 valence electrons. The Balaban J connectivity index is 1.84. The van der Waals surface area contributed by atoms with E-state index >= 15 is 0 Å². The van der Waals surface area contributed by atoms with Gasteiger partial charge < -0.3 is 4.74 Å². The summed E-state index contributed by atoms with van der Waals surface area (Å²) in [5.74, 6) is -0.666. The minimum absolute atomic E-state index is 0.0140. The summed E-state index contributed by atoms with van der Waals surface area (Å²) in [7, 11) is -0.828. The van der Waals surface area contributed by atoms with Gasteiger partial charge in [-0.3, -0.25) is 0 Å². The normalized spacial score (nSPS) is 11.8. The van der Waals surface area contributed by atoms with Crippen LogP contribution in [0.2, 0.25) is 5.02 Å². The van der Waals surface area contributed by atoms with E-state index in [2.05, 4.69) is 0 Å². The van der Waals surface area contributed by atoms with Gasteiger partial charge in [0.1, 0.15) is 6.61 Å². The largest absolute Gasteiger partial charge is 0.457 e. The number of halogens is 1. The van der Waals surface area contributed by atoms with Crippen molar-refractivity contribution in [2.45, 2.75) is 11.5 Å². The zero-order valence-electron chi connectivity index (χ0n) is 14.1. The quantitative estimate of drug-likeness (QED) is 0.593. The van der Waals surface area contributed by atoms with Crippen molar-refractivity contribution in [3.05, 3.63) is 64.0 Å². The molecule has 0 saturated heterocycles. The van der Waals surface area contributed by atoms with Gasteiger partial charge in [0.05, 0.1) is 15.5 Å². The number of benzene rings is 2. The monoisotopic (exact) mass is 409 g/mol. The molecule has 5 nitrogen and oxygen atoms in total. The Morgan fingerprint density at radius 1 is 1.19 bits per heavy atom. The smallest absolute Gasteiger partial charge is 0.340 e. The predicted octanol–water partition coefficient (Wildman–Crippen LogP) is 4.16. The van der Waals surface area contributed by atoms with Gasteiger partial charge in [-0.25, -0.2) is 17.5 Å². The van der Waals surface area contributed by atoms with Crippen molar-refractivity contribution in [2.75, 3.05) is 14.1 Å². The molecule has 3 aromatic rings. The van der Waals surface area contributed by atoms with Crippen LogP contribution in [0, 0.1) is 0 Å². The second-order valence-electron chi connectivity index (χ2n) is 5.76. The zero-order valence-corrected chi connectivity index (χ0v) is 16.5. The number of esters is 1. The van der Waals surface area contributed by atoms with Crippen molar-refractivity contribution in [2.24, 2.45) is 0 Å². The Bertz CT molecular complexity index is 1070. The van der Waals surface area contributed by atoms with E-state index in [1.807, 2.05) is 29.6 Å². The summed E-state index contributed by atoms with van der Waals surface area (Å²) in [6.45, 7) is 0.0871. The number of thiophene rings is 1. The van der Waals surface area contributed by atoms with E-state index in [1.165, 1.54) is 32.3 Å². The van der Waals surface area contributed by atoms with Crippen LogP contribution in [0.15, 0.2) is 52.7 Å². The van der Waals surface area contributed by atoms with Crippen LogP contribution in [0.3, 0.4) is 0 Å². The molecule has 0 aliphatic heterocycles. The summed E-state index contributed by atoms with van der Waals surface area (Å²) < 4.78 is 32.0. The van der Waals surface area contributed by atoms with Gasteiger partial charge in [-0.1, -0.05) is 29.8 Å². The lowest BCUT2D eigenvalue weighted by Crippen LogP contribution is -2.22. The van der Waals surface area contributed by atoms with Crippen molar-refractivity contribution in [1.82, 2.24) is 4.31 Å². The van der Waals surface area contributed by atoms with Gasteiger partial charge in [0.2, 0.25) is 10.0 Å². The average Bonchev–Trinajstić information content (AvgIpc) is 3.03. The molecular formula is C18H16ClNO4S2. The molecule has 0 bridgehead atoms. The second-order valence-corrected chi connectivity index (χ2v) is 9.23. The summed E-state index contributed by atoms with van der Waals surface area (Å²) in [6, 6.07) is 11.8. The fourth-order valence-corrected chi connectivity index (χ4v) is 4.47. The molecule has 0 spiro atoms. The summed E-state index contributed by atoms with van der Waals surface area (Å²) >= 11 is 7.64. The molecule has 0 aliphatic carbocycles. The molecule has 26 heavy (non-hydrogen) atoms. The highest BCUT2D eigenvalue weighted by Crippen LogP contribution is 2.27. The number of sulfonamides is 1. The van der Waals surface area contributed by atoms with Gasteiger partial charge in [-0.2, -0.15) is 0 Å². The average molecular weight is 410 g/mol. The number of carbonyl (C=O) groups is 1. The van der Waals surface area contributed by atoms with Crippen LogP contribution in [0.1, 0.15) is 15.9 Å². The molecular weight excluding hydrogens is 394 g/mol. The number of ether oxygens (including phenoxy) is 1. The van der Waals surface area contributed by atoms with E-state index in [0.29, 0.717) is 0 Å². The SMILES string of the molecule is CN(C)S(=O)(=O)c1ccc(Cl)c(C(=O)OCc2csc3ccccc23)c1. The second kappa shape index (κ2) is 7.36. The third-order valence-electron chi connectivity index (χ3n) is 3.86. The molecule has 0 N–H and O–H groups in total. The van der Waals surface area contributed by atoms with E-state index in [9.17, 15) is 13.2 Å². The molecule has 1 aromatic heterocycles. The van der Waals surface area contributed by atoms with Gasteiger partial charge in [-0.15, -0.1) is 11.3 Å². The lowest BCUT2D eigenvalue weighted by atomic mass is 10.2. The van der Waals surface area contributed by atoms with Crippen molar-refractivity contribution < 1.29 is 17.9 Å². The summed E-state index contributed by atoms with van der Waals surface area (Å²) in [6.07, 6.45) is 0. The minimum atomic E-state index is -3.67. The Morgan fingerprint density at radius 2 is 1.92 bits per heavy atom. The molecule has 0 unspecified atom stereocenters. The maximum atomic E-state index is 12.4. The van der Waals surface area contributed by atoms with Gasteiger partial charge in [0.25, 0.3) is 0 Å². The zero-order chi connectivity index (χ0) is 18.9. The van der Waals surface area contributed by atoms with Gasteiger partial charge in [-0.05, 0) is 35.0 Å². The predicted molar refractivity (Wildman–Crippen MR) is 103 cm³/mol. The molecule has 8 heteroatoms. The Morgan fingerprint density at radius 3 is 2.65 bits per heavy atom. The molecule has 0 atom stereocenters. The Hall–Kier alpha value is -1.93. The fraction of sp³-hybridized carbons (Fsp3) is 0.167. The molecule has 0 radical (unpaired) electrons. The highest BCUT2D eigenvalue weighted by atomic mass is 35.5. The van der Waals surface area contributed by atoms with E-state index in [0.717, 1.165) is 20.0 Å². The van der Waals surface area contributed by atoms with Crippen LogP contribution in [-0.2, 0) is 21.4 Å². The van der Waals surface area contributed by atoms with E-state index in [-0.39, 0.29) is 22.1 Å². The minimum Gasteiger partial charge on any atom is -0.457 e. The Labute approximate surface area is 160 Å². The number of nitrogens with zero attached hydrogens (tertiary/aromatic N) is 1. The molecule has 0 aliphatic rings. The number of fused-ring (bicyclic) bond motifs is 1. The van der Waals surface area contributed by atoms with Gasteiger partial charge >= 0.3 is 5.97 Å². The molecule has 0 fully saturated rings. The molecule has 1 heterocycles. The fourth-order valence-electron chi connectivity index (χ4n) is 2.40.